The highest BCUT2D eigenvalue weighted by atomic mass is 16.6. The van der Waals surface area contributed by atoms with Gasteiger partial charge in [-0.3, -0.25) is 4.79 Å². The molecule has 2 heterocycles. The summed E-state index contributed by atoms with van der Waals surface area (Å²) in [5.41, 5.74) is 3.80. The van der Waals surface area contributed by atoms with Crippen molar-refractivity contribution in [2.75, 3.05) is 23.8 Å². The van der Waals surface area contributed by atoms with Gasteiger partial charge in [0.25, 0.3) is 5.91 Å². The fourth-order valence-corrected chi connectivity index (χ4v) is 2.82. The lowest BCUT2D eigenvalue weighted by Gasteiger charge is -2.20. The number of ether oxygens (including phenoxy) is 2. The van der Waals surface area contributed by atoms with Crippen molar-refractivity contribution < 1.29 is 14.3 Å². The normalized spacial score (nSPS) is 18.6. The molecule has 112 valence electrons. The summed E-state index contributed by atoms with van der Waals surface area (Å²) in [5.74, 6) is 1.40. The predicted molar refractivity (Wildman–Crippen MR) is 83.6 cm³/mol. The van der Waals surface area contributed by atoms with Crippen LogP contribution in [0.3, 0.4) is 0 Å². The highest BCUT2D eigenvalue weighted by Crippen LogP contribution is 2.37. The van der Waals surface area contributed by atoms with Gasteiger partial charge in [-0.05, 0) is 25.1 Å². The predicted octanol–water partition coefficient (Wildman–Crippen LogP) is 2.87. The molecule has 0 spiro atoms. The van der Waals surface area contributed by atoms with Crippen molar-refractivity contribution in [1.82, 2.24) is 0 Å². The van der Waals surface area contributed by atoms with Gasteiger partial charge >= 0.3 is 0 Å². The van der Waals surface area contributed by atoms with E-state index in [1.807, 2.05) is 43.3 Å². The topological polar surface area (TPSA) is 59.6 Å². The molecule has 1 atom stereocenters. The minimum atomic E-state index is -0.391. The summed E-state index contributed by atoms with van der Waals surface area (Å²) in [5, 5.41) is 6.18. The Morgan fingerprint density at radius 2 is 1.91 bits per heavy atom. The van der Waals surface area contributed by atoms with Crippen LogP contribution in [0.4, 0.5) is 11.4 Å². The van der Waals surface area contributed by atoms with Gasteiger partial charge < -0.3 is 20.1 Å². The molecule has 2 aliphatic rings. The molecular formula is C17H16N2O3. The summed E-state index contributed by atoms with van der Waals surface area (Å²) in [7, 11) is 0. The lowest BCUT2D eigenvalue weighted by Crippen LogP contribution is -2.20. The zero-order valence-electron chi connectivity index (χ0n) is 12.2. The molecule has 5 heteroatoms. The standard InChI is InChI=1S/C17H16N2O3/c1-10-2-4-13-12(8-10)16(17(20)19-13)18-11-3-5-14-15(9-11)22-7-6-21-14/h2-5,8-9,16,18H,6-7H2,1H3,(H,19,20). The first-order chi connectivity index (χ1) is 10.7. The van der Waals surface area contributed by atoms with E-state index in [-0.39, 0.29) is 5.91 Å². The molecule has 0 aliphatic carbocycles. The van der Waals surface area contributed by atoms with Gasteiger partial charge in [0.1, 0.15) is 19.3 Å². The van der Waals surface area contributed by atoms with Crippen LogP contribution in [0.2, 0.25) is 0 Å². The third kappa shape index (κ3) is 2.15. The highest BCUT2D eigenvalue weighted by molar-refractivity contribution is 6.04. The Labute approximate surface area is 128 Å². The van der Waals surface area contributed by atoms with Gasteiger partial charge in [-0.2, -0.15) is 0 Å². The molecule has 0 aromatic heterocycles. The van der Waals surface area contributed by atoms with Crippen molar-refractivity contribution in [3.8, 4) is 11.5 Å². The molecule has 0 bridgehead atoms. The van der Waals surface area contributed by atoms with Crippen LogP contribution in [0.5, 0.6) is 11.5 Å². The zero-order chi connectivity index (χ0) is 15.1. The maximum absolute atomic E-state index is 12.2. The summed E-state index contributed by atoms with van der Waals surface area (Å²) in [4.78, 5) is 12.2. The maximum Gasteiger partial charge on any atom is 0.251 e. The summed E-state index contributed by atoms with van der Waals surface area (Å²) >= 11 is 0. The van der Waals surface area contributed by atoms with Crippen molar-refractivity contribution in [2.45, 2.75) is 13.0 Å². The van der Waals surface area contributed by atoms with E-state index in [9.17, 15) is 4.79 Å². The van der Waals surface area contributed by atoms with Crippen LogP contribution in [0.1, 0.15) is 17.2 Å². The first-order valence-corrected chi connectivity index (χ1v) is 7.28. The van der Waals surface area contributed by atoms with Gasteiger partial charge in [0.2, 0.25) is 0 Å². The Bertz CT molecular complexity index is 758. The molecule has 4 rings (SSSR count). The van der Waals surface area contributed by atoms with Crippen molar-refractivity contribution in [2.24, 2.45) is 0 Å². The molecular weight excluding hydrogens is 280 g/mol. The molecule has 1 amide bonds. The monoisotopic (exact) mass is 296 g/mol. The molecule has 5 nitrogen and oxygen atoms in total. The van der Waals surface area contributed by atoms with E-state index in [4.69, 9.17) is 9.47 Å². The van der Waals surface area contributed by atoms with E-state index in [0.717, 1.165) is 28.3 Å². The maximum atomic E-state index is 12.2. The van der Waals surface area contributed by atoms with Crippen molar-refractivity contribution in [3.05, 3.63) is 47.5 Å². The summed E-state index contributed by atoms with van der Waals surface area (Å²) in [6.45, 7) is 3.13. The Balaban J connectivity index is 1.64. The van der Waals surface area contributed by atoms with E-state index in [0.29, 0.717) is 19.0 Å². The van der Waals surface area contributed by atoms with E-state index in [1.165, 1.54) is 0 Å². The number of anilines is 2. The summed E-state index contributed by atoms with van der Waals surface area (Å²) in [6.07, 6.45) is 0. The number of rotatable bonds is 2. The van der Waals surface area contributed by atoms with E-state index in [1.54, 1.807) is 0 Å². The minimum absolute atomic E-state index is 0.0458. The number of hydrogen-bond acceptors (Lipinski definition) is 4. The molecule has 0 saturated heterocycles. The van der Waals surface area contributed by atoms with Crippen molar-refractivity contribution in [3.63, 3.8) is 0 Å². The molecule has 22 heavy (non-hydrogen) atoms. The molecule has 0 saturated carbocycles. The number of amides is 1. The second-order valence-electron chi connectivity index (χ2n) is 5.52. The number of carbonyl (C=O) groups excluding carboxylic acids is 1. The SMILES string of the molecule is Cc1ccc2c(c1)C(Nc1ccc3c(c1)OCCO3)C(=O)N2. The average Bonchev–Trinajstić information content (AvgIpc) is 2.83. The molecule has 2 aromatic carbocycles. The van der Waals surface area contributed by atoms with Crippen LogP contribution in [-0.4, -0.2) is 19.1 Å². The van der Waals surface area contributed by atoms with Crippen LogP contribution in [0.25, 0.3) is 0 Å². The van der Waals surface area contributed by atoms with Gasteiger partial charge in [-0.1, -0.05) is 17.7 Å². The van der Waals surface area contributed by atoms with E-state index in [2.05, 4.69) is 10.6 Å². The molecule has 2 N–H and O–H groups in total. The average molecular weight is 296 g/mol. The molecule has 0 fully saturated rings. The highest BCUT2D eigenvalue weighted by Gasteiger charge is 2.30. The first-order valence-electron chi connectivity index (χ1n) is 7.28. The first kappa shape index (κ1) is 13.0. The molecule has 0 radical (unpaired) electrons. The Morgan fingerprint density at radius 1 is 1.09 bits per heavy atom. The Morgan fingerprint density at radius 3 is 2.77 bits per heavy atom. The quantitative estimate of drug-likeness (QED) is 0.894. The van der Waals surface area contributed by atoms with Crippen molar-refractivity contribution in [1.29, 1.82) is 0 Å². The molecule has 1 unspecified atom stereocenters. The summed E-state index contributed by atoms with van der Waals surface area (Å²) < 4.78 is 11.1. The molecule has 2 aliphatic heterocycles. The van der Waals surface area contributed by atoms with Gasteiger partial charge in [-0.15, -0.1) is 0 Å². The number of aryl methyl sites for hydroxylation is 1. The number of fused-ring (bicyclic) bond motifs is 2. The van der Waals surface area contributed by atoms with E-state index < -0.39 is 6.04 Å². The lowest BCUT2D eigenvalue weighted by atomic mass is 10.0. The smallest absolute Gasteiger partial charge is 0.251 e. The van der Waals surface area contributed by atoms with Crippen LogP contribution in [0, 0.1) is 6.92 Å². The van der Waals surface area contributed by atoms with Gasteiger partial charge in [0, 0.05) is 23.0 Å². The fourth-order valence-electron chi connectivity index (χ4n) is 2.82. The van der Waals surface area contributed by atoms with Crippen LogP contribution in [0.15, 0.2) is 36.4 Å². The largest absolute Gasteiger partial charge is 0.486 e. The number of nitrogens with one attached hydrogen (secondary N) is 2. The second-order valence-corrected chi connectivity index (χ2v) is 5.52. The minimum Gasteiger partial charge on any atom is -0.486 e. The van der Waals surface area contributed by atoms with Gasteiger partial charge in [0.05, 0.1) is 0 Å². The number of benzene rings is 2. The van der Waals surface area contributed by atoms with E-state index >= 15 is 0 Å². The zero-order valence-corrected chi connectivity index (χ0v) is 12.2. The van der Waals surface area contributed by atoms with Crippen LogP contribution < -0.4 is 20.1 Å². The van der Waals surface area contributed by atoms with Gasteiger partial charge in [0.15, 0.2) is 11.5 Å². The summed E-state index contributed by atoms with van der Waals surface area (Å²) in [6, 6.07) is 11.2. The van der Waals surface area contributed by atoms with Crippen molar-refractivity contribution >= 4 is 17.3 Å². The number of hydrogen-bond donors (Lipinski definition) is 2. The lowest BCUT2D eigenvalue weighted by molar-refractivity contribution is -0.116. The Kier molecular flexibility index (Phi) is 2.92. The third-order valence-corrected chi connectivity index (χ3v) is 3.89. The van der Waals surface area contributed by atoms with Crippen LogP contribution >= 0.6 is 0 Å². The second kappa shape index (κ2) is 4.94. The van der Waals surface area contributed by atoms with Gasteiger partial charge in [-0.25, -0.2) is 0 Å². The van der Waals surface area contributed by atoms with Crippen LogP contribution in [-0.2, 0) is 4.79 Å². The fraction of sp³-hybridized carbons (Fsp3) is 0.235. The third-order valence-electron chi connectivity index (χ3n) is 3.89. The molecule has 2 aromatic rings. The Hall–Kier alpha value is -2.69. The number of carbonyl (C=O) groups is 1.